The Kier molecular flexibility index (Phi) is 5.67. The van der Waals surface area contributed by atoms with Crippen LogP contribution in [-0.4, -0.2) is 39.0 Å². The van der Waals surface area contributed by atoms with Crippen LogP contribution in [-0.2, 0) is 0 Å². The highest BCUT2D eigenvalue weighted by Crippen LogP contribution is 2.23. The zero-order valence-corrected chi connectivity index (χ0v) is 17.3. The summed E-state index contributed by atoms with van der Waals surface area (Å²) in [5, 5.41) is 19.6. The molecule has 0 saturated carbocycles. The second-order valence-corrected chi connectivity index (χ2v) is 6.46. The lowest BCUT2D eigenvalue weighted by Gasteiger charge is -2.11. The smallest absolute Gasteiger partial charge is 0.259 e. The number of hydrogen-bond acceptors (Lipinski definition) is 10. The summed E-state index contributed by atoms with van der Waals surface area (Å²) in [6, 6.07) is 16.5. The molecule has 4 N–H and O–H groups in total. The van der Waals surface area contributed by atoms with E-state index in [9.17, 15) is 5.26 Å². The van der Waals surface area contributed by atoms with Crippen molar-refractivity contribution in [2.45, 2.75) is 0 Å². The molecule has 4 aromatic rings. The standard InChI is InChI=1S/C21H19N9O2/c1-31-16-7-3-14(4-8-16)25-19-27-20(26-15-5-9-17(32-2)10-6-15)29-21(28-19)30-18(23)13(11-22)12-24-30/h3-10,12H,23H2,1-2H3,(H2,25,26,27,28,29). The average molecular weight is 429 g/mol. The summed E-state index contributed by atoms with van der Waals surface area (Å²) < 4.78 is 11.6. The van der Waals surface area contributed by atoms with Crippen molar-refractivity contribution in [3.05, 3.63) is 60.3 Å². The molecular formula is C21H19N9O2. The van der Waals surface area contributed by atoms with E-state index < -0.39 is 0 Å². The summed E-state index contributed by atoms with van der Waals surface area (Å²) in [4.78, 5) is 13.2. The Balaban J connectivity index is 1.71. The Morgan fingerprint density at radius 3 is 1.75 bits per heavy atom. The average Bonchev–Trinajstić information content (AvgIpc) is 3.20. The molecule has 2 heterocycles. The first-order chi connectivity index (χ1) is 15.6. The van der Waals surface area contributed by atoms with E-state index in [1.54, 1.807) is 14.2 Å². The normalized spacial score (nSPS) is 10.3. The van der Waals surface area contributed by atoms with Crippen LogP contribution in [0, 0.1) is 11.3 Å². The third kappa shape index (κ3) is 4.34. The Hall–Kier alpha value is -4.85. The Bertz CT molecular complexity index is 1190. The highest BCUT2D eigenvalue weighted by atomic mass is 16.5. The molecule has 11 nitrogen and oxygen atoms in total. The summed E-state index contributed by atoms with van der Waals surface area (Å²) in [5.74, 6) is 2.23. The number of hydrogen-bond donors (Lipinski definition) is 3. The molecule has 2 aromatic heterocycles. The number of aromatic nitrogens is 5. The van der Waals surface area contributed by atoms with Gasteiger partial charge in [0, 0.05) is 11.4 Å². The number of nitrogens with one attached hydrogen (secondary N) is 2. The zero-order valence-electron chi connectivity index (χ0n) is 17.3. The van der Waals surface area contributed by atoms with E-state index >= 15 is 0 Å². The molecule has 0 amide bonds. The number of methoxy groups -OCH3 is 2. The van der Waals surface area contributed by atoms with Crippen molar-refractivity contribution in [3.63, 3.8) is 0 Å². The number of anilines is 5. The topological polar surface area (TPSA) is 149 Å². The molecule has 0 atom stereocenters. The molecule has 0 aliphatic rings. The fraction of sp³-hybridized carbons (Fsp3) is 0.0952. The largest absolute Gasteiger partial charge is 0.497 e. The zero-order chi connectivity index (χ0) is 22.5. The van der Waals surface area contributed by atoms with E-state index in [-0.39, 0.29) is 29.2 Å². The van der Waals surface area contributed by atoms with Gasteiger partial charge in [-0.15, -0.1) is 0 Å². The molecular weight excluding hydrogens is 410 g/mol. The van der Waals surface area contributed by atoms with E-state index in [4.69, 9.17) is 15.2 Å². The van der Waals surface area contributed by atoms with Gasteiger partial charge in [-0.05, 0) is 48.5 Å². The quantitative estimate of drug-likeness (QED) is 0.400. The summed E-state index contributed by atoms with van der Waals surface area (Å²) in [6.45, 7) is 0. The number of ether oxygens (including phenoxy) is 2. The van der Waals surface area contributed by atoms with Crippen molar-refractivity contribution in [2.24, 2.45) is 0 Å². The van der Waals surface area contributed by atoms with Gasteiger partial charge in [-0.3, -0.25) is 0 Å². The monoisotopic (exact) mass is 429 g/mol. The molecule has 0 bridgehead atoms. The number of rotatable bonds is 7. The van der Waals surface area contributed by atoms with E-state index in [1.165, 1.54) is 10.9 Å². The molecule has 0 saturated heterocycles. The van der Waals surface area contributed by atoms with Crippen molar-refractivity contribution in [3.8, 4) is 23.5 Å². The van der Waals surface area contributed by atoms with E-state index in [0.29, 0.717) is 0 Å². The lowest BCUT2D eigenvalue weighted by molar-refractivity contribution is 0.415. The predicted molar refractivity (Wildman–Crippen MR) is 119 cm³/mol. The first-order valence-electron chi connectivity index (χ1n) is 9.42. The number of nitrogens with two attached hydrogens (primary N) is 1. The molecule has 0 spiro atoms. The van der Waals surface area contributed by atoms with Crippen LogP contribution in [0.5, 0.6) is 11.5 Å². The van der Waals surface area contributed by atoms with Crippen LogP contribution in [0.4, 0.5) is 29.1 Å². The van der Waals surface area contributed by atoms with Crippen molar-refractivity contribution >= 4 is 29.1 Å². The van der Waals surface area contributed by atoms with Gasteiger partial charge in [0.2, 0.25) is 11.9 Å². The molecule has 11 heteroatoms. The van der Waals surface area contributed by atoms with Crippen molar-refractivity contribution in [1.29, 1.82) is 5.26 Å². The Morgan fingerprint density at radius 2 is 1.34 bits per heavy atom. The molecule has 0 aliphatic heterocycles. The van der Waals surface area contributed by atoms with Gasteiger partial charge in [0.25, 0.3) is 5.95 Å². The SMILES string of the molecule is COc1ccc(Nc2nc(Nc3ccc(OC)cc3)nc(-n3ncc(C#N)c3N)n2)cc1. The van der Waals surface area contributed by atoms with Crippen LogP contribution in [0.15, 0.2) is 54.7 Å². The summed E-state index contributed by atoms with van der Waals surface area (Å²) >= 11 is 0. The van der Waals surface area contributed by atoms with Gasteiger partial charge in [0.1, 0.15) is 28.9 Å². The van der Waals surface area contributed by atoms with Crippen LogP contribution in [0.1, 0.15) is 5.56 Å². The van der Waals surface area contributed by atoms with Gasteiger partial charge in [0.15, 0.2) is 0 Å². The third-order valence-electron chi connectivity index (χ3n) is 4.43. The van der Waals surface area contributed by atoms with Gasteiger partial charge < -0.3 is 25.8 Å². The number of benzene rings is 2. The fourth-order valence-electron chi connectivity index (χ4n) is 2.78. The van der Waals surface area contributed by atoms with E-state index in [0.717, 1.165) is 22.9 Å². The van der Waals surface area contributed by atoms with Crippen molar-refractivity contribution in [2.75, 3.05) is 30.6 Å². The summed E-state index contributed by atoms with van der Waals surface area (Å²) in [5.41, 5.74) is 7.73. The molecule has 0 aliphatic carbocycles. The summed E-state index contributed by atoms with van der Waals surface area (Å²) in [6.07, 6.45) is 1.35. The van der Waals surface area contributed by atoms with Crippen LogP contribution in [0.2, 0.25) is 0 Å². The van der Waals surface area contributed by atoms with E-state index in [2.05, 4.69) is 30.7 Å². The third-order valence-corrected chi connectivity index (χ3v) is 4.43. The highest BCUT2D eigenvalue weighted by molar-refractivity contribution is 5.60. The maximum Gasteiger partial charge on any atom is 0.259 e. The fourth-order valence-corrected chi connectivity index (χ4v) is 2.78. The maximum atomic E-state index is 9.18. The molecule has 0 fully saturated rings. The molecule has 32 heavy (non-hydrogen) atoms. The van der Waals surface area contributed by atoms with Crippen LogP contribution in [0.25, 0.3) is 5.95 Å². The van der Waals surface area contributed by atoms with Crippen molar-refractivity contribution in [1.82, 2.24) is 24.7 Å². The Morgan fingerprint density at radius 1 is 0.844 bits per heavy atom. The number of nitrogen functional groups attached to an aromatic ring is 1. The van der Waals surface area contributed by atoms with E-state index in [1.807, 2.05) is 54.6 Å². The van der Waals surface area contributed by atoms with Gasteiger partial charge >= 0.3 is 0 Å². The van der Waals surface area contributed by atoms with Gasteiger partial charge in [-0.1, -0.05) is 0 Å². The lowest BCUT2D eigenvalue weighted by Crippen LogP contribution is -2.12. The first kappa shape index (κ1) is 20.4. The molecule has 0 radical (unpaired) electrons. The van der Waals surface area contributed by atoms with Gasteiger partial charge in [0.05, 0.1) is 20.4 Å². The lowest BCUT2D eigenvalue weighted by atomic mass is 10.3. The second-order valence-electron chi connectivity index (χ2n) is 6.46. The minimum absolute atomic E-state index is 0.129. The highest BCUT2D eigenvalue weighted by Gasteiger charge is 2.15. The minimum atomic E-state index is 0.129. The molecule has 4 rings (SSSR count). The maximum absolute atomic E-state index is 9.18. The number of nitrogens with zero attached hydrogens (tertiary/aromatic N) is 6. The number of nitriles is 1. The second kappa shape index (κ2) is 8.88. The van der Waals surface area contributed by atoms with Gasteiger partial charge in [-0.25, -0.2) is 0 Å². The van der Waals surface area contributed by atoms with Crippen molar-refractivity contribution < 1.29 is 9.47 Å². The van der Waals surface area contributed by atoms with Crippen LogP contribution < -0.4 is 25.8 Å². The van der Waals surface area contributed by atoms with Crippen LogP contribution in [0.3, 0.4) is 0 Å². The van der Waals surface area contributed by atoms with Crippen LogP contribution >= 0.6 is 0 Å². The van der Waals surface area contributed by atoms with Gasteiger partial charge in [-0.2, -0.15) is 30.0 Å². The predicted octanol–water partition coefficient (Wildman–Crippen LogP) is 3.02. The summed E-state index contributed by atoms with van der Waals surface area (Å²) in [7, 11) is 3.20. The molecule has 160 valence electrons. The molecule has 2 aromatic carbocycles. The minimum Gasteiger partial charge on any atom is -0.497 e. The Labute approximate surface area is 183 Å². The first-order valence-corrected chi connectivity index (χ1v) is 9.42. The molecule has 0 unspecified atom stereocenters.